The molecule has 2 atom stereocenters. The van der Waals surface area contributed by atoms with Gasteiger partial charge in [-0.3, -0.25) is 4.79 Å². The summed E-state index contributed by atoms with van der Waals surface area (Å²) < 4.78 is 5.18. The van der Waals surface area contributed by atoms with E-state index in [9.17, 15) is 9.90 Å². The van der Waals surface area contributed by atoms with Gasteiger partial charge in [-0.2, -0.15) is 0 Å². The molecule has 6 heteroatoms. The van der Waals surface area contributed by atoms with E-state index in [2.05, 4.69) is 11.9 Å². The molecule has 0 saturated carbocycles. The maximum atomic E-state index is 12.2. The first kappa shape index (κ1) is 14.0. The van der Waals surface area contributed by atoms with Crippen LogP contribution < -0.4 is 5.73 Å². The van der Waals surface area contributed by atoms with Crippen molar-refractivity contribution >= 4 is 5.91 Å². The second kappa shape index (κ2) is 5.71. The van der Waals surface area contributed by atoms with Gasteiger partial charge in [-0.05, 0) is 25.7 Å². The van der Waals surface area contributed by atoms with Gasteiger partial charge in [0.15, 0.2) is 5.69 Å². The number of likely N-dealkylation sites (tertiary alicyclic amines) is 1. The molecule has 2 heterocycles. The Morgan fingerprint density at radius 3 is 2.79 bits per heavy atom. The number of aliphatic hydroxyl groups excluding tert-OH is 1. The highest BCUT2D eigenvalue weighted by atomic mass is 16.3. The summed E-state index contributed by atoms with van der Waals surface area (Å²) in [5.74, 6) is 0.740. The molecular weight excluding hydrogens is 246 g/mol. The van der Waals surface area contributed by atoms with Gasteiger partial charge in [-0.25, -0.2) is 4.98 Å². The average Bonchev–Trinajstić information content (AvgIpc) is 2.87. The Labute approximate surface area is 112 Å². The zero-order chi connectivity index (χ0) is 14.0. The largest absolute Gasteiger partial charge is 0.446 e. The molecule has 1 aliphatic rings. The SMILES string of the molecule is CC1CCN(C(=O)c2coc(C(N)C(C)O)n2)CC1. The molecule has 3 N–H and O–H groups in total. The number of carbonyl (C=O) groups is 1. The van der Waals surface area contributed by atoms with E-state index in [1.807, 2.05) is 0 Å². The molecule has 2 unspecified atom stereocenters. The molecule has 1 aliphatic heterocycles. The predicted octanol–water partition coefficient (Wildman–Crippen LogP) is 0.927. The van der Waals surface area contributed by atoms with Gasteiger partial charge in [0.1, 0.15) is 12.3 Å². The third-order valence-corrected chi connectivity index (χ3v) is 3.62. The number of hydrogen-bond acceptors (Lipinski definition) is 5. The Morgan fingerprint density at radius 1 is 1.58 bits per heavy atom. The third kappa shape index (κ3) is 3.13. The molecule has 2 rings (SSSR count). The van der Waals surface area contributed by atoms with E-state index in [0.717, 1.165) is 25.9 Å². The fourth-order valence-electron chi connectivity index (χ4n) is 2.12. The Hall–Kier alpha value is -1.40. The lowest BCUT2D eigenvalue weighted by Gasteiger charge is -2.29. The van der Waals surface area contributed by atoms with Crippen molar-refractivity contribution in [2.45, 2.75) is 38.8 Å². The lowest BCUT2D eigenvalue weighted by atomic mass is 9.99. The number of oxazole rings is 1. The predicted molar refractivity (Wildman–Crippen MR) is 69.4 cm³/mol. The minimum atomic E-state index is -0.766. The van der Waals surface area contributed by atoms with Gasteiger partial charge in [-0.15, -0.1) is 0 Å². The standard InChI is InChI=1S/C13H21N3O3/c1-8-3-5-16(6-4-8)13(18)10-7-19-12(15-10)11(14)9(2)17/h7-9,11,17H,3-6,14H2,1-2H3. The van der Waals surface area contributed by atoms with Gasteiger partial charge < -0.3 is 20.2 Å². The summed E-state index contributed by atoms with van der Waals surface area (Å²) in [5.41, 5.74) is 5.98. The average molecular weight is 267 g/mol. The van der Waals surface area contributed by atoms with E-state index in [0.29, 0.717) is 5.92 Å². The summed E-state index contributed by atoms with van der Waals surface area (Å²) >= 11 is 0. The zero-order valence-corrected chi connectivity index (χ0v) is 11.4. The van der Waals surface area contributed by atoms with Gasteiger partial charge in [0.25, 0.3) is 5.91 Å². The molecule has 106 valence electrons. The van der Waals surface area contributed by atoms with E-state index in [1.165, 1.54) is 6.26 Å². The maximum Gasteiger partial charge on any atom is 0.275 e. The number of carbonyl (C=O) groups excluding carboxylic acids is 1. The van der Waals surface area contributed by atoms with Crippen LogP contribution in [0.25, 0.3) is 0 Å². The Balaban J connectivity index is 2.04. The molecule has 1 fully saturated rings. The topological polar surface area (TPSA) is 92.6 Å². The summed E-state index contributed by atoms with van der Waals surface area (Å²) in [6, 6.07) is -0.706. The number of amides is 1. The van der Waals surface area contributed by atoms with E-state index in [1.54, 1.807) is 11.8 Å². The number of hydrogen-bond donors (Lipinski definition) is 2. The molecular formula is C13H21N3O3. The molecule has 19 heavy (non-hydrogen) atoms. The van der Waals surface area contributed by atoms with Gasteiger partial charge in [-0.1, -0.05) is 6.92 Å². The fraction of sp³-hybridized carbons (Fsp3) is 0.692. The number of nitrogens with zero attached hydrogens (tertiary/aromatic N) is 2. The molecule has 0 aliphatic carbocycles. The summed E-state index contributed by atoms with van der Waals surface area (Å²) in [7, 11) is 0. The van der Waals surface area contributed by atoms with Crippen molar-refractivity contribution < 1.29 is 14.3 Å². The van der Waals surface area contributed by atoms with E-state index in [-0.39, 0.29) is 17.5 Å². The van der Waals surface area contributed by atoms with Crippen molar-refractivity contribution in [1.29, 1.82) is 0 Å². The van der Waals surface area contributed by atoms with Gasteiger partial charge in [0, 0.05) is 13.1 Å². The van der Waals surface area contributed by atoms with Crippen molar-refractivity contribution in [3.05, 3.63) is 17.8 Å². The highest BCUT2D eigenvalue weighted by molar-refractivity contribution is 5.92. The van der Waals surface area contributed by atoms with Crippen LogP contribution in [-0.4, -0.2) is 40.1 Å². The first-order valence-corrected chi connectivity index (χ1v) is 6.67. The first-order valence-electron chi connectivity index (χ1n) is 6.67. The van der Waals surface area contributed by atoms with E-state index < -0.39 is 12.1 Å². The molecule has 0 spiro atoms. The first-order chi connectivity index (χ1) is 8.99. The lowest BCUT2D eigenvalue weighted by Crippen LogP contribution is -2.38. The smallest absolute Gasteiger partial charge is 0.275 e. The highest BCUT2D eigenvalue weighted by Crippen LogP contribution is 2.19. The normalized spacial score (nSPS) is 20.3. The van der Waals surface area contributed by atoms with Crippen LogP contribution in [0.3, 0.4) is 0 Å². The number of piperidine rings is 1. The van der Waals surface area contributed by atoms with E-state index >= 15 is 0 Å². The van der Waals surface area contributed by atoms with Crippen LogP contribution in [0.2, 0.25) is 0 Å². The second-order valence-corrected chi connectivity index (χ2v) is 5.31. The van der Waals surface area contributed by atoms with Crippen LogP contribution >= 0.6 is 0 Å². The molecule has 0 aromatic carbocycles. The van der Waals surface area contributed by atoms with Crippen LogP contribution in [-0.2, 0) is 0 Å². The molecule has 1 aromatic rings. The van der Waals surface area contributed by atoms with Crippen LogP contribution in [0.5, 0.6) is 0 Å². The van der Waals surface area contributed by atoms with Crippen LogP contribution in [0.1, 0.15) is 49.1 Å². The summed E-state index contributed by atoms with van der Waals surface area (Å²) in [4.78, 5) is 18.1. The van der Waals surface area contributed by atoms with Crippen molar-refractivity contribution in [1.82, 2.24) is 9.88 Å². The van der Waals surface area contributed by atoms with Crippen LogP contribution in [0.4, 0.5) is 0 Å². The lowest BCUT2D eigenvalue weighted by molar-refractivity contribution is 0.0691. The molecule has 1 aromatic heterocycles. The number of nitrogens with two attached hydrogens (primary N) is 1. The monoisotopic (exact) mass is 267 g/mol. The Morgan fingerprint density at radius 2 is 2.21 bits per heavy atom. The third-order valence-electron chi connectivity index (χ3n) is 3.62. The van der Waals surface area contributed by atoms with Crippen LogP contribution in [0.15, 0.2) is 10.7 Å². The van der Waals surface area contributed by atoms with Crippen LogP contribution in [0, 0.1) is 5.92 Å². The summed E-state index contributed by atoms with van der Waals surface area (Å²) in [5, 5.41) is 9.38. The molecule has 0 bridgehead atoms. The van der Waals surface area contributed by atoms with E-state index in [4.69, 9.17) is 10.2 Å². The second-order valence-electron chi connectivity index (χ2n) is 5.31. The number of aliphatic hydroxyl groups is 1. The molecule has 6 nitrogen and oxygen atoms in total. The number of aromatic nitrogens is 1. The summed E-state index contributed by atoms with van der Waals surface area (Å²) in [6.45, 7) is 5.26. The quantitative estimate of drug-likeness (QED) is 0.849. The van der Waals surface area contributed by atoms with Crippen molar-refractivity contribution in [2.24, 2.45) is 11.7 Å². The van der Waals surface area contributed by atoms with Gasteiger partial charge in [0.05, 0.1) is 6.10 Å². The van der Waals surface area contributed by atoms with Crippen molar-refractivity contribution in [2.75, 3.05) is 13.1 Å². The number of rotatable bonds is 3. The Bertz CT molecular complexity index is 436. The maximum absolute atomic E-state index is 12.2. The minimum Gasteiger partial charge on any atom is -0.446 e. The van der Waals surface area contributed by atoms with Crippen molar-refractivity contribution in [3.63, 3.8) is 0 Å². The van der Waals surface area contributed by atoms with Gasteiger partial charge in [0.2, 0.25) is 5.89 Å². The minimum absolute atomic E-state index is 0.125. The molecule has 1 amide bonds. The summed E-state index contributed by atoms with van der Waals surface area (Å²) in [6.07, 6.45) is 2.59. The van der Waals surface area contributed by atoms with Crippen molar-refractivity contribution in [3.8, 4) is 0 Å². The molecule has 1 saturated heterocycles. The Kier molecular flexibility index (Phi) is 4.21. The fourth-order valence-corrected chi connectivity index (χ4v) is 2.12. The van der Waals surface area contributed by atoms with Gasteiger partial charge >= 0.3 is 0 Å². The highest BCUT2D eigenvalue weighted by Gasteiger charge is 2.25. The molecule has 0 radical (unpaired) electrons. The zero-order valence-electron chi connectivity index (χ0n) is 11.4.